The number of non-ortho nitro benzene ring substituents is 1. The molecule has 33 heavy (non-hydrogen) atoms. The lowest BCUT2D eigenvalue weighted by molar-refractivity contribution is -0.384. The van der Waals surface area contributed by atoms with Crippen molar-refractivity contribution in [1.29, 1.82) is 5.26 Å². The Kier molecular flexibility index (Phi) is 5.26. The maximum atomic E-state index is 13.4. The zero-order chi connectivity index (χ0) is 24.1. The normalized spacial score (nSPS) is 19.8. The van der Waals surface area contributed by atoms with Crippen LogP contribution in [0.1, 0.15) is 37.5 Å². The molecule has 11 heteroatoms. The maximum absolute atomic E-state index is 13.4. The van der Waals surface area contributed by atoms with Gasteiger partial charge in [-0.1, -0.05) is 25.2 Å². The number of nitrogens with zero attached hydrogens (tertiary/aromatic N) is 4. The van der Waals surface area contributed by atoms with E-state index in [2.05, 4.69) is 6.07 Å². The number of Topliss-reactive ketones (excluding diaryl/α,β-unsaturated/α-hetero) is 1. The summed E-state index contributed by atoms with van der Waals surface area (Å²) in [6.07, 6.45) is 0.719. The number of nitrogens with two attached hydrogens (primary N) is 1. The summed E-state index contributed by atoms with van der Waals surface area (Å²) in [5, 5.41) is 32.2. The summed E-state index contributed by atoms with van der Waals surface area (Å²) < 4.78 is 0. The number of thiophene rings is 1. The molecule has 0 saturated heterocycles. The molecule has 0 unspecified atom stereocenters. The first-order chi connectivity index (χ1) is 15.5. The molecule has 2 heterocycles. The SMILES string of the molecule is CC1(C)CC(=O)C2=C(C1)N(c1ccc([N+](=O)[O-])cc1)C(N)=C(C#N)[C@@H]2c1ccc([N+](=O)[O-])s1. The van der Waals surface area contributed by atoms with E-state index in [0.717, 1.165) is 11.3 Å². The molecule has 2 N–H and O–H groups in total. The van der Waals surface area contributed by atoms with Crippen LogP contribution in [-0.2, 0) is 4.79 Å². The van der Waals surface area contributed by atoms with Crippen LogP contribution in [0.4, 0.5) is 16.4 Å². The van der Waals surface area contributed by atoms with Crippen molar-refractivity contribution in [2.75, 3.05) is 4.90 Å². The van der Waals surface area contributed by atoms with Gasteiger partial charge in [-0.15, -0.1) is 0 Å². The van der Waals surface area contributed by atoms with Crippen molar-refractivity contribution >= 4 is 33.5 Å². The molecule has 1 atom stereocenters. The smallest absolute Gasteiger partial charge is 0.324 e. The molecule has 0 amide bonds. The number of anilines is 1. The second-order valence-corrected chi connectivity index (χ2v) is 9.78. The van der Waals surface area contributed by atoms with E-state index in [1.807, 2.05) is 13.8 Å². The van der Waals surface area contributed by atoms with Crippen molar-refractivity contribution in [3.8, 4) is 6.07 Å². The first-order valence-corrected chi connectivity index (χ1v) is 10.8. The second-order valence-electron chi connectivity index (χ2n) is 8.69. The van der Waals surface area contributed by atoms with Crippen molar-refractivity contribution < 1.29 is 14.6 Å². The molecule has 168 valence electrons. The largest absolute Gasteiger partial charge is 0.384 e. The number of carbonyl (C=O) groups excluding carboxylic acids is 1. The minimum atomic E-state index is -0.804. The van der Waals surface area contributed by atoms with Gasteiger partial charge in [0.25, 0.3) is 5.69 Å². The maximum Gasteiger partial charge on any atom is 0.324 e. The molecule has 2 aliphatic rings. The Morgan fingerprint density at radius 2 is 1.79 bits per heavy atom. The number of ketones is 1. The lowest BCUT2D eigenvalue weighted by Gasteiger charge is -2.43. The molecule has 1 aromatic heterocycles. The molecule has 1 aliphatic carbocycles. The van der Waals surface area contributed by atoms with Gasteiger partial charge in [0, 0.05) is 46.5 Å². The molecule has 10 nitrogen and oxygen atoms in total. The van der Waals surface area contributed by atoms with Gasteiger partial charge in [-0.25, -0.2) is 0 Å². The Balaban J connectivity index is 1.95. The summed E-state index contributed by atoms with van der Waals surface area (Å²) in [7, 11) is 0. The fourth-order valence-electron chi connectivity index (χ4n) is 4.41. The number of allylic oxidation sites excluding steroid dienone is 3. The van der Waals surface area contributed by atoms with E-state index >= 15 is 0 Å². The molecule has 1 aromatic carbocycles. The Labute approximate surface area is 192 Å². The van der Waals surface area contributed by atoms with Gasteiger partial charge in [-0.05, 0) is 30.0 Å². The van der Waals surface area contributed by atoms with Crippen LogP contribution >= 0.6 is 11.3 Å². The number of nitro benzene ring substituents is 1. The summed E-state index contributed by atoms with van der Waals surface area (Å²) >= 11 is 0.909. The average Bonchev–Trinajstić information content (AvgIpc) is 3.22. The van der Waals surface area contributed by atoms with E-state index in [1.54, 1.807) is 11.0 Å². The molecule has 1 aliphatic heterocycles. The molecule has 4 rings (SSSR count). The minimum Gasteiger partial charge on any atom is -0.384 e. The average molecular weight is 465 g/mol. The summed E-state index contributed by atoms with van der Waals surface area (Å²) in [4.78, 5) is 36.8. The summed E-state index contributed by atoms with van der Waals surface area (Å²) in [6.45, 7) is 3.90. The number of nitro groups is 2. The topological polar surface area (TPSA) is 156 Å². The van der Waals surface area contributed by atoms with Gasteiger partial charge < -0.3 is 5.73 Å². The second kappa shape index (κ2) is 7.83. The van der Waals surface area contributed by atoms with Crippen molar-refractivity contribution in [1.82, 2.24) is 0 Å². The lowest BCUT2D eigenvalue weighted by atomic mass is 9.69. The van der Waals surface area contributed by atoms with Gasteiger partial charge in [0.1, 0.15) is 5.82 Å². The highest BCUT2D eigenvalue weighted by molar-refractivity contribution is 7.15. The van der Waals surface area contributed by atoms with Crippen LogP contribution in [0.25, 0.3) is 0 Å². The molecule has 0 spiro atoms. The third-order valence-corrected chi connectivity index (χ3v) is 6.88. The zero-order valence-corrected chi connectivity index (χ0v) is 18.6. The molecular weight excluding hydrogens is 446 g/mol. The van der Waals surface area contributed by atoms with Gasteiger partial charge in [0.15, 0.2) is 5.78 Å². The minimum absolute atomic E-state index is 0.0932. The van der Waals surface area contributed by atoms with Gasteiger partial charge >= 0.3 is 5.00 Å². The molecule has 0 fully saturated rings. The standard InChI is InChI=1S/C22H19N5O5S/c1-22(2)9-15-20(16(28)10-22)19(17-7-8-18(33-17)27(31)32)14(11-23)21(24)25(15)12-3-5-13(6-4-12)26(29)30/h3-8,19H,9-10,24H2,1-2H3/t19-/m1/s1. The highest BCUT2D eigenvalue weighted by Crippen LogP contribution is 2.51. The van der Waals surface area contributed by atoms with E-state index in [4.69, 9.17) is 5.73 Å². The van der Waals surface area contributed by atoms with E-state index in [9.17, 15) is 30.3 Å². The van der Waals surface area contributed by atoms with Crippen molar-refractivity contribution in [3.63, 3.8) is 0 Å². The number of benzene rings is 1. The van der Waals surface area contributed by atoms with Gasteiger partial charge in [0.2, 0.25) is 0 Å². The van der Waals surface area contributed by atoms with Crippen LogP contribution < -0.4 is 10.6 Å². The Hall–Kier alpha value is -4.04. The van der Waals surface area contributed by atoms with Gasteiger partial charge in [-0.3, -0.25) is 29.9 Å². The fourth-order valence-corrected chi connectivity index (χ4v) is 5.35. The van der Waals surface area contributed by atoms with Crippen LogP contribution in [0.2, 0.25) is 0 Å². The Bertz CT molecular complexity index is 1300. The summed E-state index contributed by atoms with van der Waals surface area (Å²) in [5.41, 5.74) is 7.57. The van der Waals surface area contributed by atoms with E-state index in [1.165, 1.54) is 30.3 Å². The highest BCUT2D eigenvalue weighted by atomic mass is 32.1. The van der Waals surface area contributed by atoms with E-state index in [-0.39, 0.29) is 39.7 Å². The van der Waals surface area contributed by atoms with Crippen LogP contribution in [-0.4, -0.2) is 15.6 Å². The van der Waals surface area contributed by atoms with E-state index < -0.39 is 15.8 Å². The first-order valence-electron chi connectivity index (χ1n) is 9.99. The molecule has 0 saturated carbocycles. The van der Waals surface area contributed by atoms with Crippen molar-refractivity contribution in [2.45, 2.75) is 32.6 Å². The van der Waals surface area contributed by atoms with Crippen LogP contribution in [0.15, 0.2) is 59.1 Å². The van der Waals surface area contributed by atoms with Crippen LogP contribution in [0.5, 0.6) is 0 Å². The predicted octanol–water partition coefficient (Wildman–Crippen LogP) is 4.51. The Morgan fingerprint density at radius 3 is 2.33 bits per heavy atom. The van der Waals surface area contributed by atoms with Gasteiger partial charge in [-0.2, -0.15) is 5.26 Å². The van der Waals surface area contributed by atoms with Crippen LogP contribution in [0.3, 0.4) is 0 Å². The molecule has 0 radical (unpaired) electrons. The Morgan fingerprint density at radius 1 is 1.12 bits per heavy atom. The predicted molar refractivity (Wildman–Crippen MR) is 121 cm³/mol. The van der Waals surface area contributed by atoms with Gasteiger partial charge in [0.05, 0.1) is 27.4 Å². The molecule has 2 aromatic rings. The number of rotatable bonds is 4. The lowest BCUT2D eigenvalue weighted by Crippen LogP contribution is -2.42. The van der Waals surface area contributed by atoms with E-state index in [0.29, 0.717) is 28.3 Å². The fraction of sp³-hybridized carbons (Fsp3) is 0.273. The summed E-state index contributed by atoms with van der Waals surface area (Å²) in [6, 6.07) is 10.7. The summed E-state index contributed by atoms with van der Waals surface area (Å²) in [5.74, 6) is -0.868. The number of hydrogen-bond donors (Lipinski definition) is 1. The number of hydrogen-bond acceptors (Lipinski definition) is 9. The first kappa shape index (κ1) is 22.2. The number of carbonyl (C=O) groups is 1. The highest BCUT2D eigenvalue weighted by Gasteiger charge is 2.45. The third kappa shape index (κ3) is 3.74. The van der Waals surface area contributed by atoms with Crippen molar-refractivity contribution in [2.24, 2.45) is 11.1 Å². The molecular formula is C22H19N5O5S. The molecule has 0 bridgehead atoms. The third-order valence-electron chi connectivity index (χ3n) is 5.78. The quantitative estimate of drug-likeness (QED) is 0.510. The zero-order valence-electron chi connectivity index (χ0n) is 17.8. The van der Waals surface area contributed by atoms with Crippen LogP contribution in [0, 0.1) is 37.0 Å². The van der Waals surface area contributed by atoms with Crippen molar-refractivity contribution in [3.05, 3.63) is 84.2 Å². The number of nitriles is 1. The monoisotopic (exact) mass is 465 g/mol.